The number of aliphatic hydroxyl groups is 1. The lowest BCUT2D eigenvalue weighted by Gasteiger charge is -2.14. The van der Waals surface area contributed by atoms with Crippen LogP contribution in [0.2, 0.25) is 0 Å². The average molecular weight is 273 g/mol. The summed E-state index contributed by atoms with van der Waals surface area (Å²) in [5.41, 5.74) is 0.910. The molecular formula is C16H19NOS. The number of aliphatic imine (C=N–C) groups is 1. The van der Waals surface area contributed by atoms with E-state index in [1.807, 2.05) is 43.5 Å². The zero-order chi connectivity index (χ0) is 13.7. The van der Waals surface area contributed by atoms with E-state index in [1.165, 1.54) is 4.88 Å². The summed E-state index contributed by atoms with van der Waals surface area (Å²) in [6.45, 7) is 4.08. The van der Waals surface area contributed by atoms with E-state index in [0.29, 0.717) is 0 Å². The molecule has 2 rings (SSSR count). The molecule has 0 saturated heterocycles. The van der Waals surface area contributed by atoms with E-state index in [-0.39, 0.29) is 6.04 Å². The number of aliphatic hydroxyl groups excluding tert-OH is 1. The summed E-state index contributed by atoms with van der Waals surface area (Å²) in [4.78, 5) is 6.96. The summed E-state index contributed by atoms with van der Waals surface area (Å²) < 4.78 is 0. The molecule has 0 aliphatic carbocycles. The van der Waals surface area contributed by atoms with Crippen molar-refractivity contribution >= 4 is 17.6 Å². The maximum atomic E-state index is 10.2. The fourth-order valence-corrected chi connectivity index (χ4v) is 2.69. The maximum absolute atomic E-state index is 10.2. The number of nitrogens with zero attached hydrogens (tertiary/aromatic N) is 1. The molecule has 1 N–H and O–H groups in total. The van der Waals surface area contributed by atoms with Gasteiger partial charge in [-0.1, -0.05) is 37.3 Å². The Labute approximate surface area is 118 Å². The van der Waals surface area contributed by atoms with E-state index in [2.05, 4.69) is 24.0 Å². The molecule has 2 aromatic rings. The number of hydrogen-bond donors (Lipinski definition) is 1. The quantitative estimate of drug-likeness (QED) is 0.825. The molecule has 2 nitrogen and oxygen atoms in total. The molecule has 0 amide bonds. The van der Waals surface area contributed by atoms with E-state index >= 15 is 0 Å². The lowest BCUT2D eigenvalue weighted by Crippen LogP contribution is -2.12. The fourth-order valence-electron chi connectivity index (χ4n) is 1.86. The van der Waals surface area contributed by atoms with Crippen molar-refractivity contribution in [1.29, 1.82) is 0 Å². The molecule has 0 aliphatic rings. The third-order valence-corrected chi connectivity index (χ3v) is 4.23. The standard InChI is InChI=1S/C16H19NOS/c1-3-14-9-10-15(19-14)11-17-12(2)16(18)13-7-5-4-6-8-13/h4-12,16,18H,3H2,1-2H3/t12-,16-/m1/s1. The Morgan fingerprint density at radius 3 is 2.58 bits per heavy atom. The predicted octanol–water partition coefficient (Wildman–Crippen LogP) is 3.85. The Balaban J connectivity index is 2.02. The van der Waals surface area contributed by atoms with Gasteiger partial charge in [-0.25, -0.2) is 0 Å². The number of rotatable bonds is 5. The highest BCUT2D eigenvalue weighted by atomic mass is 32.1. The molecule has 0 saturated carbocycles. The van der Waals surface area contributed by atoms with Crippen LogP contribution < -0.4 is 0 Å². The van der Waals surface area contributed by atoms with Crippen LogP contribution >= 0.6 is 11.3 Å². The topological polar surface area (TPSA) is 32.6 Å². The Bertz CT molecular complexity index is 533. The molecule has 0 radical (unpaired) electrons. The normalized spacial score (nSPS) is 14.7. The SMILES string of the molecule is CCc1ccc(C=N[C@H](C)[C@@H](O)c2ccccc2)s1. The van der Waals surface area contributed by atoms with Gasteiger partial charge in [-0.05, 0) is 31.0 Å². The van der Waals surface area contributed by atoms with Gasteiger partial charge in [0.15, 0.2) is 0 Å². The van der Waals surface area contributed by atoms with Gasteiger partial charge in [0, 0.05) is 16.0 Å². The average Bonchev–Trinajstić information content (AvgIpc) is 2.93. The first-order valence-corrected chi connectivity index (χ1v) is 7.37. The Kier molecular flexibility index (Phi) is 4.88. The highest BCUT2D eigenvalue weighted by Gasteiger charge is 2.14. The van der Waals surface area contributed by atoms with Gasteiger partial charge in [-0.3, -0.25) is 4.99 Å². The third kappa shape index (κ3) is 3.75. The molecule has 0 spiro atoms. The summed E-state index contributed by atoms with van der Waals surface area (Å²) in [5.74, 6) is 0. The lowest BCUT2D eigenvalue weighted by atomic mass is 10.0. The van der Waals surface area contributed by atoms with E-state index < -0.39 is 6.10 Å². The fraction of sp³-hybridized carbons (Fsp3) is 0.312. The van der Waals surface area contributed by atoms with Crippen LogP contribution in [0.15, 0.2) is 47.5 Å². The smallest absolute Gasteiger partial charge is 0.101 e. The van der Waals surface area contributed by atoms with Crippen LogP contribution in [0.1, 0.15) is 35.3 Å². The highest BCUT2D eigenvalue weighted by Crippen LogP contribution is 2.19. The largest absolute Gasteiger partial charge is 0.386 e. The minimum atomic E-state index is -0.553. The molecule has 3 heteroatoms. The molecule has 2 atom stereocenters. The van der Waals surface area contributed by atoms with Gasteiger partial charge in [0.2, 0.25) is 0 Å². The minimum absolute atomic E-state index is 0.144. The molecule has 0 bridgehead atoms. The van der Waals surface area contributed by atoms with E-state index in [4.69, 9.17) is 0 Å². The van der Waals surface area contributed by atoms with Gasteiger partial charge in [-0.2, -0.15) is 0 Å². The molecule has 0 fully saturated rings. The maximum Gasteiger partial charge on any atom is 0.101 e. The summed E-state index contributed by atoms with van der Waals surface area (Å²) in [6, 6.07) is 13.7. The zero-order valence-electron chi connectivity index (χ0n) is 11.3. The Morgan fingerprint density at radius 2 is 1.95 bits per heavy atom. The molecule has 1 aromatic carbocycles. The van der Waals surface area contributed by atoms with Crippen molar-refractivity contribution in [3.63, 3.8) is 0 Å². The third-order valence-electron chi connectivity index (χ3n) is 3.07. The first kappa shape index (κ1) is 14.0. The number of benzene rings is 1. The first-order chi connectivity index (χ1) is 9.20. The molecular weight excluding hydrogens is 254 g/mol. The monoisotopic (exact) mass is 273 g/mol. The van der Waals surface area contributed by atoms with Gasteiger partial charge >= 0.3 is 0 Å². The minimum Gasteiger partial charge on any atom is -0.386 e. The predicted molar refractivity (Wildman–Crippen MR) is 82.2 cm³/mol. The van der Waals surface area contributed by atoms with Crippen LogP contribution in [-0.2, 0) is 6.42 Å². The van der Waals surface area contributed by atoms with Crippen LogP contribution in [0.4, 0.5) is 0 Å². The van der Waals surface area contributed by atoms with Crippen molar-refractivity contribution in [2.75, 3.05) is 0 Å². The van der Waals surface area contributed by atoms with E-state index in [0.717, 1.165) is 16.9 Å². The van der Waals surface area contributed by atoms with Crippen LogP contribution in [-0.4, -0.2) is 17.4 Å². The van der Waals surface area contributed by atoms with Crippen molar-refractivity contribution in [3.8, 4) is 0 Å². The van der Waals surface area contributed by atoms with Crippen molar-refractivity contribution in [3.05, 3.63) is 57.8 Å². The summed E-state index contributed by atoms with van der Waals surface area (Å²) in [5, 5.41) is 10.2. The molecule has 0 aliphatic heterocycles. The molecule has 0 unspecified atom stereocenters. The lowest BCUT2D eigenvalue weighted by molar-refractivity contribution is 0.154. The van der Waals surface area contributed by atoms with Crippen molar-refractivity contribution in [2.24, 2.45) is 4.99 Å². The second kappa shape index (κ2) is 6.64. The van der Waals surface area contributed by atoms with Gasteiger partial charge in [0.1, 0.15) is 6.10 Å². The molecule has 1 aromatic heterocycles. The van der Waals surface area contributed by atoms with Crippen molar-refractivity contribution in [2.45, 2.75) is 32.4 Å². The van der Waals surface area contributed by atoms with Crippen molar-refractivity contribution in [1.82, 2.24) is 0 Å². The molecule has 19 heavy (non-hydrogen) atoms. The summed E-state index contributed by atoms with van der Waals surface area (Å²) in [7, 11) is 0. The number of thiophene rings is 1. The number of hydrogen-bond acceptors (Lipinski definition) is 3. The van der Waals surface area contributed by atoms with Gasteiger partial charge in [-0.15, -0.1) is 11.3 Å². The van der Waals surface area contributed by atoms with E-state index in [1.54, 1.807) is 11.3 Å². The second-order valence-electron chi connectivity index (χ2n) is 4.53. The van der Waals surface area contributed by atoms with E-state index in [9.17, 15) is 5.11 Å². The Hall–Kier alpha value is -1.45. The van der Waals surface area contributed by atoms with Gasteiger partial charge in [0.25, 0.3) is 0 Å². The summed E-state index contributed by atoms with van der Waals surface area (Å²) >= 11 is 1.75. The van der Waals surface area contributed by atoms with Crippen LogP contribution in [0.3, 0.4) is 0 Å². The van der Waals surface area contributed by atoms with Crippen LogP contribution in [0.5, 0.6) is 0 Å². The van der Waals surface area contributed by atoms with Crippen LogP contribution in [0, 0.1) is 0 Å². The first-order valence-electron chi connectivity index (χ1n) is 6.55. The second-order valence-corrected chi connectivity index (χ2v) is 5.73. The van der Waals surface area contributed by atoms with Gasteiger partial charge < -0.3 is 5.11 Å². The highest BCUT2D eigenvalue weighted by molar-refractivity contribution is 7.13. The summed E-state index contributed by atoms with van der Waals surface area (Å²) in [6.07, 6.45) is 2.37. The van der Waals surface area contributed by atoms with Crippen molar-refractivity contribution < 1.29 is 5.11 Å². The number of aryl methyl sites for hydroxylation is 1. The van der Waals surface area contributed by atoms with Gasteiger partial charge in [0.05, 0.1) is 6.04 Å². The Morgan fingerprint density at radius 1 is 1.21 bits per heavy atom. The van der Waals surface area contributed by atoms with Crippen LogP contribution in [0.25, 0.3) is 0 Å². The zero-order valence-corrected chi connectivity index (χ0v) is 12.1. The molecule has 1 heterocycles. The molecule has 100 valence electrons.